The van der Waals surface area contributed by atoms with E-state index in [1.54, 1.807) is 0 Å². The summed E-state index contributed by atoms with van der Waals surface area (Å²) >= 11 is 0. The molecule has 0 saturated heterocycles. The van der Waals surface area contributed by atoms with Gasteiger partial charge in [0.2, 0.25) is 5.91 Å². The van der Waals surface area contributed by atoms with Crippen molar-refractivity contribution in [2.45, 2.75) is 19.8 Å². The largest absolute Gasteiger partial charge is 0.355 e. The molecule has 1 aromatic carbocycles. The molecule has 1 N–H and O–H groups in total. The van der Waals surface area contributed by atoms with Crippen LogP contribution in [0.3, 0.4) is 0 Å². The van der Waals surface area contributed by atoms with E-state index in [1.807, 2.05) is 0 Å². The van der Waals surface area contributed by atoms with E-state index in [0.29, 0.717) is 12.0 Å². The highest BCUT2D eigenvalue weighted by Gasteiger charge is 2.05. The fraction of sp³-hybridized carbons (Fsp3) is 0.333. The topological polar surface area (TPSA) is 46.2 Å². The number of carbonyl (C=O) groups is 2. The molecule has 0 heterocycles. The number of rotatable bonds is 5. The lowest BCUT2D eigenvalue weighted by atomic mass is 10.1. The minimum atomic E-state index is -0.643. The first-order valence-electron chi connectivity index (χ1n) is 5.18. The monoisotopic (exact) mass is 241 g/mol. The number of Topliss-reactive ketones (excluding diaryl/α,β-unsaturated/α-hetero) is 1. The van der Waals surface area contributed by atoms with Crippen molar-refractivity contribution in [1.82, 2.24) is 5.32 Å². The van der Waals surface area contributed by atoms with Gasteiger partial charge in [0.25, 0.3) is 0 Å². The van der Waals surface area contributed by atoms with Crippen molar-refractivity contribution < 1.29 is 18.4 Å². The molecular weight excluding hydrogens is 228 g/mol. The van der Waals surface area contributed by atoms with E-state index in [4.69, 9.17) is 0 Å². The van der Waals surface area contributed by atoms with Crippen LogP contribution in [0.2, 0.25) is 0 Å². The molecule has 0 aliphatic heterocycles. The highest BCUT2D eigenvalue weighted by molar-refractivity contribution is 5.96. The number of ketones is 1. The Kier molecular flexibility index (Phi) is 4.75. The smallest absolute Gasteiger partial charge is 0.227 e. The summed E-state index contributed by atoms with van der Waals surface area (Å²) in [5, 5.41) is 2.50. The highest BCUT2D eigenvalue weighted by Crippen LogP contribution is 2.08. The Labute approximate surface area is 97.8 Å². The number of benzene rings is 1. The molecule has 0 atom stereocenters. The van der Waals surface area contributed by atoms with Crippen LogP contribution in [0, 0.1) is 11.6 Å². The molecule has 1 rings (SSSR count). The van der Waals surface area contributed by atoms with Crippen molar-refractivity contribution in [3.05, 3.63) is 35.4 Å². The number of hydrogen-bond acceptors (Lipinski definition) is 2. The third-order valence-corrected chi connectivity index (χ3v) is 2.07. The lowest BCUT2D eigenvalue weighted by molar-refractivity contribution is -0.127. The summed E-state index contributed by atoms with van der Waals surface area (Å²) in [6.07, 6.45) is 0.149. The molecule has 5 heteroatoms. The van der Waals surface area contributed by atoms with Crippen LogP contribution in [-0.2, 0) is 16.0 Å². The molecule has 0 radical (unpaired) electrons. The Bertz CT molecular complexity index is 412. The third-order valence-electron chi connectivity index (χ3n) is 2.07. The predicted molar refractivity (Wildman–Crippen MR) is 58.4 cm³/mol. The molecule has 1 amide bonds. The van der Waals surface area contributed by atoms with Gasteiger partial charge in [-0.25, -0.2) is 8.78 Å². The predicted octanol–water partition coefficient (Wildman–Crippen LogP) is 1.60. The molecule has 0 aromatic heterocycles. The zero-order chi connectivity index (χ0) is 12.8. The van der Waals surface area contributed by atoms with Crippen LogP contribution in [-0.4, -0.2) is 18.2 Å². The third kappa shape index (κ3) is 5.19. The van der Waals surface area contributed by atoms with Crippen LogP contribution in [0.5, 0.6) is 0 Å². The van der Waals surface area contributed by atoms with Gasteiger partial charge >= 0.3 is 0 Å². The van der Waals surface area contributed by atoms with Crippen molar-refractivity contribution in [3.8, 4) is 0 Å². The van der Waals surface area contributed by atoms with Gasteiger partial charge in [0.1, 0.15) is 17.4 Å². The van der Waals surface area contributed by atoms with Gasteiger partial charge in [0.05, 0.1) is 6.42 Å². The lowest BCUT2D eigenvalue weighted by Gasteiger charge is -2.04. The molecule has 92 valence electrons. The van der Waals surface area contributed by atoms with Gasteiger partial charge < -0.3 is 5.32 Å². The Hall–Kier alpha value is -1.78. The van der Waals surface area contributed by atoms with E-state index in [9.17, 15) is 18.4 Å². The Morgan fingerprint density at radius 1 is 1.18 bits per heavy atom. The van der Waals surface area contributed by atoms with Gasteiger partial charge in [0, 0.05) is 12.6 Å². The standard InChI is InChI=1S/C12H13F2NO2/c1-8(16)4-12(17)15-3-2-9-5-10(13)7-11(14)6-9/h5-7H,2-4H2,1H3,(H,15,17). The minimum absolute atomic E-state index is 0.169. The van der Waals surface area contributed by atoms with E-state index >= 15 is 0 Å². The maximum Gasteiger partial charge on any atom is 0.227 e. The van der Waals surface area contributed by atoms with E-state index in [-0.39, 0.29) is 24.7 Å². The summed E-state index contributed by atoms with van der Waals surface area (Å²) in [6, 6.07) is 3.21. The summed E-state index contributed by atoms with van der Waals surface area (Å²) in [7, 11) is 0. The zero-order valence-electron chi connectivity index (χ0n) is 9.43. The SMILES string of the molecule is CC(=O)CC(=O)NCCc1cc(F)cc(F)c1. The van der Waals surface area contributed by atoms with Crippen LogP contribution in [0.15, 0.2) is 18.2 Å². The first-order valence-corrected chi connectivity index (χ1v) is 5.18. The van der Waals surface area contributed by atoms with Crippen LogP contribution >= 0.6 is 0 Å². The molecular formula is C12H13F2NO2. The van der Waals surface area contributed by atoms with Crippen LogP contribution in [0.25, 0.3) is 0 Å². The summed E-state index contributed by atoms with van der Waals surface area (Å²) in [6.45, 7) is 1.57. The van der Waals surface area contributed by atoms with E-state index in [1.165, 1.54) is 19.1 Å². The fourth-order valence-corrected chi connectivity index (χ4v) is 1.39. The Morgan fingerprint density at radius 2 is 1.76 bits per heavy atom. The molecule has 0 fully saturated rings. The van der Waals surface area contributed by atoms with Gasteiger partial charge in [-0.2, -0.15) is 0 Å². The Balaban J connectivity index is 2.40. The second-order valence-corrected chi connectivity index (χ2v) is 3.76. The van der Waals surface area contributed by atoms with Crippen LogP contribution in [0.4, 0.5) is 8.78 Å². The van der Waals surface area contributed by atoms with Crippen LogP contribution < -0.4 is 5.32 Å². The van der Waals surface area contributed by atoms with Crippen molar-refractivity contribution >= 4 is 11.7 Å². The molecule has 0 unspecified atom stereocenters. The van der Waals surface area contributed by atoms with Gasteiger partial charge in [-0.1, -0.05) is 0 Å². The quantitative estimate of drug-likeness (QED) is 0.796. The first-order chi connectivity index (χ1) is 7.97. The number of amides is 1. The van der Waals surface area contributed by atoms with E-state index in [0.717, 1.165) is 6.07 Å². The van der Waals surface area contributed by atoms with Crippen molar-refractivity contribution in [2.24, 2.45) is 0 Å². The number of halogens is 2. The summed E-state index contributed by atoms with van der Waals surface area (Å²) in [4.78, 5) is 21.7. The summed E-state index contributed by atoms with van der Waals surface area (Å²) in [5.74, 6) is -1.89. The normalized spacial score (nSPS) is 10.1. The van der Waals surface area contributed by atoms with Gasteiger partial charge in [-0.05, 0) is 31.0 Å². The molecule has 3 nitrogen and oxygen atoms in total. The van der Waals surface area contributed by atoms with Crippen LogP contribution in [0.1, 0.15) is 18.9 Å². The summed E-state index contributed by atoms with van der Waals surface area (Å²) < 4.78 is 25.6. The molecule has 0 saturated carbocycles. The molecule has 0 aliphatic rings. The van der Waals surface area contributed by atoms with Gasteiger partial charge in [-0.15, -0.1) is 0 Å². The summed E-state index contributed by atoms with van der Waals surface area (Å²) in [5.41, 5.74) is 0.464. The van der Waals surface area contributed by atoms with Gasteiger partial charge in [0.15, 0.2) is 0 Å². The van der Waals surface area contributed by atoms with Crippen molar-refractivity contribution in [1.29, 1.82) is 0 Å². The number of carbonyl (C=O) groups excluding carboxylic acids is 2. The maximum atomic E-state index is 12.8. The number of hydrogen-bond donors (Lipinski definition) is 1. The minimum Gasteiger partial charge on any atom is -0.355 e. The average Bonchev–Trinajstić information content (AvgIpc) is 2.14. The second kappa shape index (κ2) is 6.08. The second-order valence-electron chi connectivity index (χ2n) is 3.76. The molecule has 0 spiro atoms. The maximum absolute atomic E-state index is 12.8. The van der Waals surface area contributed by atoms with E-state index < -0.39 is 11.6 Å². The van der Waals surface area contributed by atoms with Gasteiger partial charge in [-0.3, -0.25) is 9.59 Å². The number of nitrogens with one attached hydrogen (secondary N) is 1. The molecule has 0 aliphatic carbocycles. The van der Waals surface area contributed by atoms with Crippen molar-refractivity contribution in [3.63, 3.8) is 0 Å². The average molecular weight is 241 g/mol. The molecule has 17 heavy (non-hydrogen) atoms. The first kappa shape index (κ1) is 13.3. The molecule has 1 aromatic rings. The lowest BCUT2D eigenvalue weighted by Crippen LogP contribution is -2.27. The fourth-order valence-electron chi connectivity index (χ4n) is 1.39. The zero-order valence-corrected chi connectivity index (χ0v) is 9.43. The highest BCUT2D eigenvalue weighted by atomic mass is 19.1. The van der Waals surface area contributed by atoms with Crippen molar-refractivity contribution in [2.75, 3.05) is 6.54 Å². The van der Waals surface area contributed by atoms with E-state index in [2.05, 4.69) is 5.32 Å². The molecule has 0 bridgehead atoms. The Morgan fingerprint density at radius 3 is 2.29 bits per heavy atom.